The Balaban J connectivity index is 2.36. The van der Waals surface area contributed by atoms with Crippen LogP contribution in [0.5, 0.6) is 11.5 Å². The van der Waals surface area contributed by atoms with E-state index in [9.17, 15) is 10.1 Å². The highest BCUT2D eigenvalue weighted by Crippen LogP contribution is 2.19. The predicted octanol–water partition coefficient (Wildman–Crippen LogP) is 3.49. The Morgan fingerprint density at radius 1 is 1.05 bits per heavy atom. The quantitative estimate of drug-likeness (QED) is 0.481. The SMILES string of the molecule is COc1cccc(/C=C(\C#N)C(=O)c2cccc(OC)c2)c1. The molecule has 0 heterocycles. The van der Waals surface area contributed by atoms with Crippen LogP contribution in [0.4, 0.5) is 0 Å². The first-order valence-corrected chi connectivity index (χ1v) is 6.62. The van der Waals surface area contributed by atoms with E-state index in [0.717, 1.165) is 5.56 Å². The second-order valence-corrected chi connectivity index (χ2v) is 4.51. The Morgan fingerprint density at radius 3 is 2.32 bits per heavy atom. The number of Topliss-reactive ketones (excluding diaryl/α,β-unsaturated/α-hetero) is 1. The highest BCUT2D eigenvalue weighted by molar-refractivity contribution is 6.14. The van der Waals surface area contributed by atoms with Gasteiger partial charge in [0.2, 0.25) is 5.78 Å². The molecule has 0 radical (unpaired) electrons. The van der Waals surface area contributed by atoms with Crippen LogP contribution in [0.3, 0.4) is 0 Å². The van der Waals surface area contributed by atoms with Crippen LogP contribution in [0.1, 0.15) is 15.9 Å². The molecule has 0 spiro atoms. The number of ketones is 1. The molecule has 22 heavy (non-hydrogen) atoms. The first kappa shape index (κ1) is 15.3. The zero-order valence-electron chi connectivity index (χ0n) is 12.4. The molecule has 0 aliphatic rings. The van der Waals surface area contributed by atoms with E-state index >= 15 is 0 Å². The number of carbonyl (C=O) groups is 1. The van der Waals surface area contributed by atoms with Crippen molar-refractivity contribution in [2.75, 3.05) is 14.2 Å². The third kappa shape index (κ3) is 3.53. The number of allylic oxidation sites excluding steroid dienone is 1. The van der Waals surface area contributed by atoms with Gasteiger partial charge in [0.25, 0.3) is 0 Å². The number of carbonyl (C=O) groups excluding carboxylic acids is 1. The number of ether oxygens (including phenoxy) is 2. The van der Waals surface area contributed by atoms with Crippen LogP contribution in [0.25, 0.3) is 6.08 Å². The lowest BCUT2D eigenvalue weighted by molar-refractivity contribution is 0.103. The maximum absolute atomic E-state index is 12.4. The number of benzene rings is 2. The van der Waals surface area contributed by atoms with E-state index in [-0.39, 0.29) is 11.4 Å². The number of nitriles is 1. The Bertz CT molecular complexity index is 757. The second-order valence-electron chi connectivity index (χ2n) is 4.51. The van der Waals surface area contributed by atoms with Crippen LogP contribution in [0.15, 0.2) is 54.1 Å². The van der Waals surface area contributed by atoms with E-state index in [1.165, 1.54) is 7.11 Å². The summed E-state index contributed by atoms with van der Waals surface area (Å²) in [6.07, 6.45) is 1.55. The lowest BCUT2D eigenvalue weighted by Crippen LogP contribution is -2.02. The highest BCUT2D eigenvalue weighted by atomic mass is 16.5. The maximum Gasteiger partial charge on any atom is 0.203 e. The van der Waals surface area contributed by atoms with Crippen molar-refractivity contribution in [2.45, 2.75) is 0 Å². The molecule has 0 atom stereocenters. The van der Waals surface area contributed by atoms with Gasteiger partial charge in [-0.05, 0) is 35.9 Å². The number of hydrogen-bond donors (Lipinski definition) is 0. The molecule has 4 heteroatoms. The zero-order chi connectivity index (χ0) is 15.9. The lowest BCUT2D eigenvalue weighted by atomic mass is 10.0. The van der Waals surface area contributed by atoms with Crippen LogP contribution >= 0.6 is 0 Å². The summed E-state index contributed by atoms with van der Waals surface area (Å²) in [7, 11) is 3.09. The summed E-state index contributed by atoms with van der Waals surface area (Å²) in [6.45, 7) is 0. The molecule has 2 aromatic rings. The molecular weight excluding hydrogens is 278 g/mol. The van der Waals surface area contributed by atoms with Gasteiger partial charge in [0.1, 0.15) is 23.1 Å². The topological polar surface area (TPSA) is 59.3 Å². The van der Waals surface area contributed by atoms with Crippen molar-refractivity contribution in [1.29, 1.82) is 5.26 Å². The molecule has 4 nitrogen and oxygen atoms in total. The monoisotopic (exact) mass is 293 g/mol. The molecular formula is C18H15NO3. The predicted molar refractivity (Wildman–Crippen MR) is 83.9 cm³/mol. The van der Waals surface area contributed by atoms with Crippen LogP contribution in [-0.4, -0.2) is 20.0 Å². The van der Waals surface area contributed by atoms with Crippen molar-refractivity contribution in [2.24, 2.45) is 0 Å². The smallest absolute Gasteiger partial charge is 0.203 e. The summed E-state index contributed by atoms with van der Waals surface area (Å²) in [5.74, 6) is 0.897. The summed E-state index contributed by atoms with van der Waals surface area (Å²) < 4.78 is 10.2. The van der Waals surface area contributed by atoms with Gasteiger partial charge in [-0.15, -0.1) is 0 Å². The molecule has 110 valence electrons. The van der Waals surface area contributed by atoms with E-state index in [1.807, 2.05) is 6.07 Å². The standard InChI is InChI=1S/C18H15NO3/c1-21-16-7-3-5-13(10-16)9-15(12-19)18(20)14-6-4-8-17(11-14)22-2/h3-11H,1-2H3/b15-9+. The van der Waals surface area contributed by atoms with Crippen LogP contribution in [0.2, 0.25) is 0 Å². The summed E-state index contributed by atoms with van der Waals surface area (Å²) in [5.41, 5.74) is 1.20. The fraction of sp³-hybridized carbons (Fsp3) is 0.111. The fourth-order valence-corrected chi connectivity index (χ4v) is 1.97. The van der Waals surface area contributed by atoms with Crippen molar-refractivity contribution >= 4 is 11.9 Å². The van der Waals surface area contributed by atoms with Crippen molar-refractivity contribution in [3.05, 3.63) is 65.2 Å². The van der Waals surface area contributed by atoms with Crippen LogP contribution < -0.4 is 9.47 Å². The molecule has 0 saturated carbocycles. The normalized spacial score (nSPS) is 10.7. The minimum absolute atomic E-state index is 0.0570. The molecule has 0 amide bonds. The average molecular weight is 293 g/mol. The molecule has 0 aromatic heterocycles. The number of methoxy groups -OCH3 is 2. The molecule has 2 aromatic carbocycles. The fourth-order valence-electron chi connectivity index (χ4n) is 1.97. The first-order valence-electron chi connectivity index (χ1n) is 6.62. The van der Waals surface area contributed by atoms with Gasteiger partial charge in [0, 0.05) is 5.56 Å². The maximum atomic E-state index is 12.4. The Labute approximate surface area is 129 Å². The van der Waals surface area contributed by atoms with Gasteiger partial charge in [-0.1, -0.05) is 24.3 Å². The zero-order valence-corrected chi connectivity index (χ0v) is 12.4. The van der Waals surface area contributed by atoms with Gasteiger partial charge in [0.05, 0.1) is 14.2 Å². The largest absolute Gasteiger partial charge is 0.497 e. The summed E-state index contributed by atoms with van der Waals surface area (Å²) >= 11 is 0. The molecule has 0 aliphatic carbocycles. The van der Waals surface area contributed by atoms with Gasteiger partial charge in [-0.2, -0.15) is 5.26 Å². The van der Waals surface area contributed by atoms with Gasteiger partial charge in [-0.25, -0.2) is 0 Å². The molecule has 2 rings (SSSR count). The van der Waals surface area contributed by atoms with Crippen molar-refractivity contribution in [1.82, 2.24) is 0 Å². The Kier molecular flexibility index (Phi) is 4.94. The Hall–Kier alpha value is -3.06. The third-order valence-electron chi connectivity index (χ3n) is 3.10. The van der Waals surface area contributed by atoms with E-state index in [1.54, 1.807) is 61.7 Å². The third-order valence-corrected chi connectivity index (χ3v) is 3.10. The van der Waals surface area contributed by atoms with E-state index in [2.05, 4.69) is 0 Å². The van der Waals surface area contributed by atoms with Gasteiger partial charge in [0.15, 0.2) is 0 Å². The van der Waals surface area contributed by atoms with Crippen molar-refractivity contribution in [3.8, 4) is 17.6 Å². The van der Waals surface area contributed by atoms with Crippen LogP contribution in [0, 0.1) is 11.3 Å². The highest BCUT2D eigenvalue weighted by Gasteiger charge is 2.13. The first-order chi connectivity index (χ1) is 10.7. The van der Waals surface area contributed by atoms with Gasteiger partial charge in [-0.3, -0.25) is 4.79 Å². The summed E-state index contributed by atoms with van der Waals surface area (Å²) in [4.78, 5) is 12.4. The van der Waals surface area contributed by atoms with Crippen molar-refractivity contribution in [3.63, 3.8) is 0 Å². The molecule has 0 unspecified atom stereocenters. The van der Waals surface area contributed by atoms with Crippen molar-refractivity contribution < 1.29 is 14.3 Å². The molecule has 0 aliphatic heterocycles. The van der Waals surface area contributed by atoms with Crippen LogP contribution in [-0.2, 0) is 0 Å². The minimum atomic E-state index is -0.343. The molecule has 0 fully saturated rings. The second kappa shape index (κ2) is 7.09. The lowest BCUT2D eigenvalue weighted by Gasteiger charge is -2.04. The van der Waals surface area contributed by atoms with E-state index < -0.39 is 0 Å². The van der Waals surface area contributed by atoms with E-state index in [0.29, 0.717) is 17.1 Å². The number of rotatable bonds is 5. The molecule has 0 saturated heterocycles. The van der Waals surface area contributed by atoms with Gasteiger partial charge < -0.3 is 9.47 Å². The summed E-state index contributed by atoms with van der Waals surface area (Å²) in [6, 6.07) is 15.8. The molecule has 0 bridgehead atoms. The Morgan fingerprint density at radius 2 is 1.68 bits per heavy atom. The molecule has 0 N–H and O–H groups in total. The minimum Gasteiger partial charge on any atom is -0.497 e. The summed E-state index contributed by atoms with van der Waals surface area (Å²) in [5, 5.41) is 9.27. The number of hydrogen-bond acceptors (Lipinski definition) is 4. The van der Waals surface area contributed by atoms with Gasteiger partial charge >= 0.3 is 0 Å². The number of nitrogens with zero attached hydrogens (tertiary/aromatic N) is 1. The van der Waals surface area contributed by atoms with E-state index in [4.69, 9.17) is 9.47 Å². The average Bonchev–Trinajstić information content (AvgIpc) is 2.59.